The number of hydrogen-bond donors (Lipinski definition) is 2. The van der Waals surface area contributed by atoms with E-state index in [1.165, 1.54) is 11.8 Å². The van der Waals surface area contributed by atoms with Crippen molar-refractivity contribution < 1.29 is 14.7 Å². The van der Waals surface area contributed by atoms with Gasteiger partial charge in [-0.1, -0.05) is 29.8 Å². The average molecular weight is 264 g/mol. The summed E-state index contributed by atoms with van der Waals surface area (Å²) in [4.78, 5) is 24.2. The Bertz CT molecular complexity index is 429. The second-order valence-electron chi connectivity index (χ2n) is 4.43. The molecule has 19 heavy (non-hydrogen) atoms. The fourth-order valence-corrected chi connectivity index (χ4v) is 1.64. The van der Waals surface area contributed by atoms with Crippen LogP contribution >= 0.6 is 0 Å². The van der Waals surface area contributed by atoms with Crippen LogP contribution in [0, 0.1) is 6.92 Å². The summed E-state index contributed by atoms with van der Waals surface area (Å²) in [6, 6.07) is 7.85. The van der Waals surface area contributed by atoms with Crippen LogP contribution in [-0.2, 0) is 16.1 Å². The van der Waals surface area contributed by atoms with Crippen LogP contribution in [0.15, 0.2) is 24.3 Å². The number of aliphatic hydroxyl groups is 1. The molecular formula is C14H20N2O3. The Balaban J connectivity index is 2.63. The molecule has 0 fully saturated rings. The SMILES string of the molecule is CC(=O)NCC(=O)N(CCO)Cc1ccc(C)cc1. The lowest BCUT2D eigenvalue weighted by molar-refractivity contribution is -0.133. The lowest BCUT2D eigenvalue weighted by atomic mass is 10.1. The molecule has 0 aromatic heterocycles. The monoisotopic (exact) mass is 264 g/mol. The van der Waals surface area contributed by atoms with Gasteiger partial charge in [0.05, 0.1) is 13.2 Å². The second-order valence-corrected chi connectivity index (χ2v) is 4.43. The second kappa shape index (κ2) is 7.53. The molecule has 0 spiro atoms. The average Bonchev–Trinajstić information content (AvgIpc) is 2.38. The molecular weight excluding hydrogens is 244 g/mol. The van der Waals surface area contributed by atoms with E-state index in [4.69, 9.17) is 5.11 Å². The number of aryl methyl sites for hydroxylation is 1. The van der Waals surface area contributed by atoms with Crippen LogP contribution < -0.4 is 5.32 Å². The van der Waals surface area contributed by atoms with Gasteiger partial charge in [0.1, 0.15) is 0 Å². The Kier molecular flexibility index (Phi) is 6.02. The predicted molar refractivity (Wildman–Crippen MR) is 72.4 cm³/mol. The van der Waals surface area contributed by atoms with Crippen molar-refractivity contribution in [3.8, 4) is 0 Å². The molecule has 0 atom stereocenters. The van der Waals surface area contributed by atoms with Crippen molar-refractivity contribution in [1.82, 2.24) is 10.2 Å². The Morgan fingerprint density at radius 2 is 1.89 bits per heavy atom. The lowest BCUT2D eigenvalue weighted by Gasteiger charge is -2.22. The van der Waals surface area contributed by atoms with Gasteiger partial charge in [-0.2, -0.15) is 0 Å². The molecule has 1 aromatic carbocycles. The normalized spacial score (nSPS) is 10.1. The molecule has 0 heterocycles. The fraction of sp³-hybridized carbons (Fsp3) is 0.429. The zero-order valence-corrected chi connectivity index (χ0v) is 11.3. The molecule has 0 aliphatic rings. The third kappa shape index (κ3) is 5.52. The third-order valence-corrected chi connectivity index (χ3v) is 2.71. The van der Waals surface area contributed by atoms with E-state index in [1.54, 1.807) is 0 Å². The number of rotatable bonds is 6. The highest BCUT2D eigenvalue weighted by molar-refractivity contribution is 5.83. The van der Waals surface area contributed by atoms with Gasteiger partial charge in [0.2, 0.25) is 11.8 Å². The van der Waals surface area contributed by atoms with Crippen molar-refractivity contribution in [2.75, 3.05) is 19.7 Å². The van der Waals surface area contributed by atoms with Gasteiger partial charge in [0.25, 0.3) is 0 Å². The lowest BCUT2D eigenvalue weighted by Crippen LogP contribution is -2.40. The van der Waals surface area contributed by atoms with Crippen molar-refractivity contribution in [1.29, 1.82) is 0 Å². The first-order chi connectivity index (χ1) is 9.02. The summed E-state index contributed by atoms with van der Waals surface area (Å²) in [6.45, 7) is 3.91. The van der Waals surface area contributed by atoms with Crippen LogP contribution in [0.4, 0.5) is 0 Å². The maximum Gasteiger partial charge on any atom is 0.242 e. The summed E-state index contributed by atoms with van der Waals surface area (Å²) >= 11 is 0. The smallest absolute Gasteiger partial charge is 0.242 e. The first kappa shape index (κ1) is 15.2. The molecule has 0 bridgehead atoms. The van der Waals surface area contributed by atoms with Crippen molar-refractivity contribution in [2.45, 2.75) is 20.4 Å². The summed E-state index contributed by atoms with van der Waals surface area (Å²) < 4.78 is 0. The molecule has 0 aliphatic carbocycles. The van der Waals surface area contributed by atoms with E-state index < -0.39 is 0 Å². The van der Waals surface area contributed by atoms with E-state index in [2.05, 4.69) is 5.32 Å². The number of benzene rings is 1. The van der Waals surface area contributed by atoms with E-state index in [9.17, 15) is 9.59 Å². The van der Waals surface area contributed by atoms with Crippen molar-refractivity contribution in [2.24, 2.45) is 0 Å². The van der Waals surface area contributed by atoms with Crippen LogP contribution in [0.2, 0.25) is 0 Å². The van der Waals surface area contributed by atoms with Crippen LogP contribution in [0.1, 0.15) is 18.1 Å². The predicted octanol–water partition coefficient (Wildman–Crippen LogP) is 0.452. The zero-order valence-electron chi connectivity index (χ0n) is 11.3. The van der Waals surface area contributed by atoms with Crippen LogP contribution in [0.5, 0.6) is 0 Å². The molecule has 5 nitrogen and oxygen atoms in total. The molecule has 104 valence electrons. The van der Waals surface area contributed by atoms with Crippen molar-refractivity contribution in [3.63, 3.8) is 0 Å². The summed E-state index contributed by atoms with van der Waals surface area (Å²) in [5.74, 6) is -0.447. The van der Waals surface area contributed by atoms with E-state index in [0.717, 1.165) is 11.1 Å². The van der Waals surface area contributed by atoms with Gasteiger partial charge in [0.15, 0.2) is 0 Å². The minimum absolute atomic E-state index is 0.0405. The highest BCUT2D eigenvalue weighted by atomic mass is 16.3. The van der Waals surface area contributed by atoms with E-state index in [1.807, 2.05) is 31.2 Å². The number of carbonyl (C=O) groups is 2. The summed E-state index contributed by atoms with van der Waals surface area (Å²) in [6.07, 6.45) is 0. The molecule has 0 saturated carbocycles. The molecule has 1 rings (SSSR count). The minimum Gasteiger partial charge on any atom is -0.395 e. The topological polar surface area (TPSA) is 69.6 Å². The van der Waals surface area contributed by atoms with E-state index >= 15 is 0 Å². The summed E-state index contributed by atoms with van der Waals surface area (Å²) in [7, 11) is 0. The van der Waals surface area contributed by atoms with Gasteiger partial charge in [-0.3, -0.25) is 9.59 Å². The van der Waals surface area contributed by atoms with Gasteiger partial charge >= 0.3 is 0 Å². The molecule has 5 heteroatoms. The Morgan fingerprint density at radius 1 is 1.26 bits per heavy atom. The largest absolute Gasteiger partial charge is 0.395 e. The fourth-order valence-electron chi connectivity index (χ4n) is 1.64. The quantitative estimate of drug-likeness (QED) is 0.784. The molecule has 0 saturated heterocycles. The maximum absolute atomic E-state index is 11.9. The number of aliphatic hydroxyl groups excluding tert-OH is 1. The Labute approximate surface area is 113 Å². The maximum atomic E-state index is 11.9. The number of carbonyl (C=O) groups excluding carboxylic acids is 2. The molecule has 1 aromatic rings. The number of amides is 2. The number of nitrogens with zero attached hydrogens (tertiary/aromatic N) is 1. The van der Waals surface area contributed by atoms with Gasteiger partial charge in [-0.15, -0.1) is 0 Å². The van der Waals surface area contributed by atoms with Crippen molar-refractivity contribution >= 4 is 11.8 Å². The van der Waals surface area contributed by atoms with Crippen LogP contribution in [0.25, 0.3) is 0 Å². The molecule has 0 aliphatic heterocycles. The van der Waals surface area contributed by atoms with Gasteiger partial charge in [-0.05, 0) is 12.5 Å². The van der Waals surface area contributed by atoms with Gasteiger partial charge < -0.3 is 15.3 Å². The Morgan fingerprint density at radius 3 is 2.42 bits per heavy atom. The number of hydrogen-bond acceptors (Lipinski definition) is 3. The van der Waals surface area contributed by atoms with Crippen molar-refractivity contribution in [3.05, 3.63) is 35.4 Å². The first-order valence-corrected chi connectivity index (χ1v) is 6.21. The standard InChI is InChI=1S/C14H20N2O3/c1-11-3-5-13(6-4-11)10-16(7-8-17)14(19)9-15-12(2)18/h3-6,17H,7-10H2,1-2H3,(H,15,18). The number of nitrogens with one attached hydrogen (secondary N) is 1. The molecule has 2 amide bonds. The zero-order chi connectivity index (χ0) is 14.3. The van der Waals surface area contributed by atoms with E-state index in [0.29, 0.717) is 6.54 Å². The summed E-state index contributed by atoms with van der Waals surface area (Å²) in [5, 5.41) is 11.5. The highest BCUT2D eigenvalue weighted by Gasteiger charge is 2.13. The van der Waals surface area contributed by atoms with Gasteiger partial charge in [0, 0.05) is 20.0 Å². The molecule has 2 N–H and O–H groups in total. The van der Waals surface area contributed by atoms with Crippen LogP contribution in [-0.4, -0.2) is 41.5 Å². The molecule has 0 unspecified atom stereocenters. The van der Waals surface area contributed by atoms with E-state index in [-0.39, 0.29) is 31.5 Å². The Hall–Kier alpha value is -1.88. The van der Waals surface area contributed by atoms with Crippen LogP contribution in [0.3, 0.4) is 0 Å². The van der Waals surface area contributed by atoms with Gasteiger partial charge in [-0.25, -0.2) is 0 Å². The third-order valence-electron chi connectivity index (χ3n) is 2.71. The first-order valence-electron chi connectivity index (χ1n) is 6.21. The molecule has 0 radical (unpaired) electrons. The highest BCUT2D eigenvalue weighted by Crippen LogP contribution is 2.07. The summed E-state index contributed by atoms with van der Waals surface area (Å²) in [5.41, 5.74) is 2.15. The minimum atomic E-state index is -0.243.